The molecule has 0 aliphatic carbocycles. The summed E-state index contributed by atoms with van der Waals surface area (Å²) in [7, 11) is 0. The van der Waals surface area contributed by atoms with Gasteiger partial charge >= 0.3 is 6.18 Å². The Morgan fingerprint density at radius 3 is 2.35 bits per heavy atom. The summed E-state index contributed by atoms with van der Waals surface area (Å²) in [5.41, 5.74) is 7.52. The second-order valence-electron chi connectivity index (χ2n) is 5.03. The summed E-state index contributed by atoms with van der Waals surface area (Å²) in [5.74, 6) is 0. The van der Waals surface area contributed by atoms with Crippen LogP contribution in [0.1, 0.15) is 31.4 Å². The van der Waals surface area contributed by atoms with E-state index in [-0.39, 0.29) is 12.5 Å². The molecule has 1 aliphatic heterocycles. The second kappa shape index (κ2) is 5.87. The molecule has 0 saturated heterocycles. The predicted molar refractivity (Wildman–Crippen MR) is 74.6 cm³/mol. The van der Waals surface area contributed by atoms with Crippen LogP contribution in [0.2, 0.25) is 0 Å². The van der Waals surface area contributed by atoms with E-state index in [0.29, 0.717) is 13.1 Å². The quantitative estimate of drug-likeness (QED) is 0.856. The summed E-state index contributed by atoms with van der Waals surface area (Å²) in [6, 6.07) is 7.77. The SMILES string of the molecule is CC[C@H](N)c1ccc(N2CC=C(C(F)(F)F)CC2)cc1. The number of hydrogen-bond donors (Lipinski definition) is 1. The van der Waals surface area contributed by atoms with Gasteiger partial charge in [-0.05, 0) is 30.5 Å². The van der Waals surface area contributed by atoms with E-state index in [9.17, 15) is 13.2 Å². The monoisotopic (exact) mass is 284 g/mol. The Hall–Kier alpha value is -1.49. The van der Waals surface area contributed by atoms with Crippen molar-refractivity contribution in [2.24, 2.45) is 5.73 Å². The van der Waals surface area contributed by atoms with Crippen LogP contribution >= 0.6 is 0 Å². The summed E-state index contributed by atoms with van der Waals surface area (Å²) >= 11 is 0. The maximum Gasteiger partial charge on any atom is 0.412 e. The highest BCUT2D eigenvalue weighted by Crippen LogP contribution is 2.31. The van der Waals surface area contributed by atoms with E-state index in [1.807, 2.05) is 36.1 Å². The highest BCUT2D eigenvalue weighted by molar-refractivity contribution is 5.50. The summed E-state index contributed by atoms with van der Waals surface area (Å²) in [4.78, 5) is 1.94. The highest BCUT2D eigenvalue weighted by Gasteiger charge is 2.34. The highest BCUT2D eigenvalue weighted by atomic mass is 19.4. The van der Waals surface area contributed by atoms with Crippen LogP contribution in [0, 0.1) is 0 Å². The fourth-order valence-electron chi connectivity index (χ4n) is 2.33. The number of benzene rings is 1. The Balaban J connectivity index is 2.06. The topological polar surface area (TPSA) is 29.3 Å². The average Bonchev–Trinajstić information content (AvgIpc) is 2.46. The van der Waals surface area contributed by atoms with Crippen LogP contribution in [-0.4, -0.2) is 19.3 Å². The molecular weight excluding hydrogens is 265 g/mol. The van der Waals surface area contributed by atoms with E-state index in [0.717, 1.165) is 17.7 Å². The Labute approximate surface area is 117 Å². The molecule has 1 aromatic rings. The van der Waals surface area contributed by atoms with Gasteiger partial charge in [-0.25, -0.2) is 0 Å². The van der Waals surface area contributed by atoms with Crippen LogP contribution in [-0.2, 0) is 0 Å². The van der Waals surface area contributed by atoms with Gasteiger partial charge in [0, 0.05) is 30.4 Å². The molecule has 0 spiro atoms. The molecule has 1 aromatic carbocycles. The number of alkyl halides is 3. The molecule has 2 N–H and O–H groups in total. The van der Waals surface area contributed by atoms with Gasteiger partial charge in [0.25, 0.3) is 0 Å². The first kappa shape index (κ1) is 14.9. The lowest BCUT2D eigenvalue weighted by atomic mass is 10.0. The molecule has 0 radical (unpaired) electrons. The number of nitrogens with zero attached hydrogens (tertiary/aromatic N) is 1. The van der Waals surface area contributed by atoms with Gasteiger partial charge in [-0.1, -0.05) is 25.1 Å². The summed E-state index contributed by atoms with van der Waals surface area (Å²) < 4.78 is 37.7. The van der Waals surface area contributed by atoms with E-state index >= 15 is 0 Å². The van der Waals surface area contributed by atoms with Crippen molar-refractivity contribution in [2.75, 3.05) is 18.0 Å². The van der Waals surface area contributed by atoms with Crippen molar-refractivity contribution < 1.29 is 13.2 Å². The molecule has 1 aliphatic rings. The first-order valence-corrected chi connectivity index (χ1v) is 6.78. The zero-order valence-corrected chi connectivity index (χ0v) is 11.5. The Kier molecular flexibility index (Phi) is 4.38. The molecular formula is C15H19F3N2. The standard InChI is InChI=1S/C15H19F3N2/c1-2-14(19)11-3-5-13(6-4-11)20-9-7-12(8-10-20)15(16,17)18/h3-7,14H,2,8-10,19H2,1H3/t14-/m0/s1. The molecule has 0 amide bonds. The van der Waals surface area contributed by atoms with Crippen molar-refractivity contribution in [3.05, 3.63) is 41.5 Å². The van der Waals surface area contributed by atoms with Crippen molar-refractivity contribution in [3.8, 4) is 0 Å². The number of hydrogen-bond acceptors (Lipinski definition) is 2. The molecule has 0 saturated carbocycles. The normalized spacial score (nSPS) is 17.9. The lowest BCUT2D eigenvalue weighted by Crippen LogP contribution is -2.31. The van der Waals surface area contributed by atoms with Gasteiger partial charge in [-0.3, -0.25) is 0 Å². The molecule has 1 heterocycles. The molecule has 0 fully saturated rings. The third-order valence-corrected chi connectivity index (χ3v) is 3.70. The fraction of sp³-hybridized carbons (Fsp3) is 0.467. The van der Waals surface area contributed by atoms with Crippen molar-refractivity contribution in [1.29, 1.82) is 0 Å². The van der Waals surface area contributed by atoms with Crippen LogP contribution in [0.5, 0.6) is 0 Å². The number of anilines is 1. The van der Waals surface area contributed by atoms with Crippen LogP contribution < -0.4 is 10.6 Å². The van der Waals surface area contributed by atoms with E-state index in [1.54, 1.807) is 0 Å². The molecule has 0 bridgehead atoms. The minimum atomic E-state index is -4.19. The third-order valence-electron chi connectivity index (χ3n) is 3.70. The molecule has 110 valence electrons. The van der Waals surface area contributed by atoms with Crippen molar-refractivity contribution in [1.82, 2.24) is 0 Å². The zero-order valence-electron chi connectivity index (χ0n) is 11.5. The van der Waals surface area contributed by atoms with Gasteiger partial charge in [0.15, 0.2) is 0 Å². The van der Waals surface area contributed by atoms with Gasteiger partial charge in [0.1, 0.15) is 0 Å². The first-order valence-electron chi connectivity index (χ1n) is 6.78. The van der Waals surface area contributed by atoms with Crippen molar-refractivity contribution >= 4 is 5.69 Å². The maximum atomic E-state index is 12.6. The molecule has 5 heteroatoms. The van der Waals surface area contributed by atoms with Gasteiger partial charge < -0.3 is 10.6 Å². The van der Waals surface area contributed by atoms with Crippen LogP contribution in [0.3, 0.4) is 0 Å². The Bertz CT molecular complexity index is 477. The van der Waals surface area contributed by atoms with Crippen LogP contribution in [0.25, 0.3) is 0 Å². The zero-order chi connectivity index (χ0) is 14.8. The van der Waals surface area contributed by atoms with Crippen LogP contribution in [0.4, 0.5) is 18.9 Å². The summed E-state index contributed by atoms with van der Waals surface area (Å²) in [6.45, 7) is 2.71. The molecule has 2 rings (SSSR count). The minimum Gasteiger partial charge on any atom is -0.367 e. The third kappa shape index (κ3) is 3.33. The Morgan fingerprint density at radius 2 is 1.90 bits per heavy atom. The number of nitrogens with two attached hydrogens (primary N) is 1. The summed E-state index contributed by atoms with van der Waals surface area (Å²) in [5, 5.41) is 0. The predicted octanol–water partition coefficient (Wildman–Crippen LogP) is 3.80. The van der Waals surface area contributed by atoms with Gasteiger partial charge in [-0.2, -0.15) is 13.2 Å². The van der Waals surface area contributed by atoms with E-state index in [1.165, 1.54) is 6.08 Å². The molecule has 2 nitrogen and oxygen atoms in total. The lowest BCUT2D eigenvalue weighted by Gasteiger charge is -2.29. The second-order valence-corrected chi connectivity index (χ2v) is 5.03. The van der Waals surface area contributed by atoms with Gasteiger partial charge in [0.05, 0.1) is 0 Å². The van der Waals surface area contributed by atoms with Gasteiger partial charge in [-0.15, -0.1) is 0 Å². The Morgan fingerprint density at radius 1 is 1.25 bits per heavy atom. The fourth-order valence-corrected chi connectivity index (χ4v) is 2.33. The number of rotatable bonds is 3. The number of halogens is 3. The van der Waals surface area contributed by atoms with E-state index in [2.05, 4.69) is 0 Å². The van der Waals surface area contributed by atoms with Crippen molar-refractivity contribution in [3.63, 3.8) is 0 Å². The average molecular weight is 284 g/mol. The van der Waals surface area contributed by atoms with E-state index < -0.39 is 11.7 Å². The maximum absolute atomic E-state index is 12.6. The van der Waals surface area contributed by atoms with Crippen molar-refractivity contribution in [2.45, 2.75) is 32.0 Å². The van der Waals surface area contributed by atoms with Gasteiger partial charge in [0.2, 0.25) is 0 Å². The largest absolute Gasteiger partial charge is 0.412 e. The molecule has 0 aromatic heterocycles. The minimum absolute atomic E-state index is 0.0159. The smallest absolute Gasteiger partial charge is 0.367 e. The molecule has 0 unspecified atom stereocenters. The summed E-state index contributed by atoms with van der Waals surface area (Å²) in [6.07, 6.45) is -2.01. The lowest BCUT2D eigenvalue weighted by molar-refractivity contribution is -0.0943. The first-order chi connectivity index (χ1) is 9.41. The molecule has 1 atom stereocenters. The van der Waals surface area contributed by atoms with Crippen LogP contribution in [0.15, 0.2) is 35.9 Å². The molecule has 20 heavy (non-hydrogen) atoms. The van der Waals surface area contributed by atoms with E-state index in [4.69, 9.17) is 5.73 Å².